The van der Waals surface area contributed by atoms with Gasteiger partial charge in [-0.15, -0.1) is 4.89 Å². The first kappa shape index (κ1) is 91.7. The lowest BCUT2D eigenvalue weighted by molar-refractivity contribution is -0.279. The summed E-state index contributed by atoms with van der Waals surface area (Å²) in [6.45, 7) is 7.43. The number of hydrogen-bond acceptors (Lipinski definition) is 19. The van der Waals surface area contributed by atoms with Gasteiger partial charge in [0, 0.05) is 11.7 Å². The highest BCUT2D eigenvalue weighted by Crippen LogP contribution is 2.42. The fraction of sp³-hybridized carbons (Fsp3) is 0.943. The molecule has 1 saturated heterocycles. The van der Waals surface area contributed by atoms with E-state index in [1.807, 2.05) is 0 Å². The highest BCUT2D eigenvalue weighted by Gasteiger charge is 2.52. The molecule has 1 fully saturated rings. The van der Waals surface area contributed by atoms with Gasteiger partial charge in [-0.1, -0.05) is 263 Å². The fourth-order valence-corrected chi connectivity index (χ4v) is 13.1. The van der Waals surface area contributed by atoms with Crippen LogP contribution in [0.3, 0.4) is 0 Å². The highest BCUT2D eigenvalue weighted by atomic mass is 31.2. The van der Waals surface area contributed by atoms with E-state index in [0.29, 0.717) is 25.7 Å². The van der Waals surface area contributed by atoms with Crippen LogP contribution >= 0.6 is 16.1 Å². The topological polar surface area (TPSA) is 362 Å². The molecule has 1 rings (SSSR count). The van der Waals surface area contributed by atoms with Gasteiger partial charge >= 0.3 is 28.0 Å². The Morgan fingerprint density at radius 1 is 0.552 bits per heavy atom. The Labute approximate surface area is 577 Å². The highest BCUT2D eigenvalue weighted by molar-refractivity contribution is 7.46. The van der Waals surface area contributed by atoms with Crippen LogP contribution in [-0.4, -0.2) is 170 Å². The third-order valence-electron chi connectivity index (χ3n) is 17.7. The number of aliphatic hydroxyl groups is 5. The first-order chi connectivity index (χ1) is 46.1. The van der Waals surface area contributed by atoms with Gasteiger partial charge in [0.2, 0.25) is 18.1 Å². The summed E-state index contributed by atoms with van der Waals surface area (Å²) in [6, 6.07) is -3.45. The van der Waals surface area contributed by atoms with E-state index in [1.54, 1.807) is 0 Å². The maximum Gasteiger partial charge on any atom is 0.697 e. The molecule has 2 amide bonds. The summed E-state index contributed by atoms with van der Waals surface area (Å²) in [4.78, 5) is 86.3. The number of nitrogens with one attached hydrogen (secondary N) is 2. The van der Waals surface area contributed by atoms with Crippen LogP contribution in [0.25, 0.3) is 0 Å². The minimum Gasteiger partial charge on any atom is -0.457 e. The number of carbonyl (C=O) groups excluding carboxylic acids is 4. The number of hydrogen-bond donors (Lipinski definition) is 10. The minimum absolute atomic E-state index is 0.271. The van der Waals surface area contributed by atoms with Gasteiger partial charge in [-0.25, -0.2) is 4.57 Å². The Hall–Kier alpha value is -2.35. The van der Waals surface area contributed by atoms with Crippen LogP contribution < -0.4 is 10.6 Å². The van der Waals surface area contributed by atoms with E-state index in [0.717, 1.165) is 148 Å². The van der Waals surface area contributed by atoms with Crippen LogP contribution in [0.1, 0.15) is 317 Å². The number of aliphatic hydroxyl groups excluding tert-OH is 5. The smallest absolute Gasteiger partial charge is 0.457 e. The number of phosphoric ester groups is 1. The van der Waals surface area contributed by atoms with Crippen LogP contribution in [0, 0.1) is 0 Å². The minimum atomic E-state index is -5.49. The summed E-state index contributed by atoms with van der Waals surface area (Å²) in [5.41, 5.74) is 0. The molecule has 96 heavy (non-hydrogen) atoms. The standard InChI is InChI=1S/C70H134N2O22P2/c1-7-11-15-19-23-27-31-35-39-43-55(75)47-61(78)71-65(59(51-73)90-63(80)49-57(77)45-41-37-33-29-25-21-17-13-9-3)70(93-95(82)83)89-54(5)53-88-69-66(72-62(79)48-56(76)44-40-36-32-28-24-20-16-12-8-2)68(67(60(52-74)91-69)94-96(84,85)86)92-64(81)50-58(87-6)46-42-38-34-30-26-22-18-14-10-4/h54-60,65-70,73-77H,7-53H2,1-6H3,(H4-,71,72,78,79,82,83,84,85,86)/p+1. The third kappa shape index (κ3) is 47.7. The van der Waals surface area contributed by atoms with Crippen molar-refractivity contribution in [1.29, 1.82) is 0 Å². The lowest BCUT2D eigenvalue weighted by Crippen LogP contribution is -2.66. The molecular formula is C70H135N2O22P2+. The van der Waals surface area contributed by atoms with Crippen molar-refractivity contribution in [3.63, 3.8) is 0 Å². The maximum atomic E-state index is 14.1. The number of carbonyl (C=O) groups is 4. The summed E-state index contributed by atoms with van der Waals surface area (Å²) in [5, 5.41) is 59.9. The molecule has 0 bridgehead atoms. The molecule has 0 aromatic heterocycles. The molecule has 14 unspecified atom stereocenters. The van der Waals surface area contributed by atoms with Gasteiger partial charge in [0.1, 0.15) is 30.4 Å². The van der Waals surface area contributed by atoms with Crippen LogP contribution in [0.2, 0.25) is 0 Å². The average molecular weight is 1420 g/mol. The summed E-state index contributed by atoms with van der Waals surface area (Å²) in [6.07, 6.45) is 20.7. The van der Waals surface area contributed by atoms with Crippen molar-refractivity contribution in [2.75, 3.05) is 26.9 Å². The Morgan fingerprint density at radius 3 is 1.35 bits per heavy atom. The van der Waals surface area contributed by atoms with E-state index in [2.05, 4.69) is 38.3 Å². The Bertz CT molecular complexity index is 2000. The molecule has 0 radical (unpaired) electrons. The summed E-state index contributed by atoms with van der Waals surface area (Å²) >= 11 is 0. The number of esters is 2. The van der Waals surface area contributed by atoms with E-state index in [9.17, 15) is 68.5 Å². The lowest BCUT2D eigenvalue weighted by atomic mass is 9.96. The number of amides is 2. The molecule has 1 heterocycles. The predicted octanol–water partition coefficient (Wildman–Crippen LogP) is 12.7. The zero-order valence-corrected chi connectivity index (χ0v) is 61.7. The van der Waals surface area contributed by atoms with E-state index in [1.165, 1.54) is 78.2 Å². The molecule has 566 valence electrons. The first-order valence-electron chi connectivity index (χ1n) is 37.4. The quantitative estimate of drug-likeness (QED) is 0.0117. The summed E-state index contributed by atoms with van der Waals surface area (Å²) in [7, 11) is -7.64. The van der Waals surface area contributed by atoms with Gasteiger partial charge in [-0.2, -0.15) is 0 Å². The monoisotopic (exact) mass is 1420 g/mol. The summed E-state index contributed by atoms with van der Waals surface area (Å²) in [5.74, 6) is -3.53. The van der Waals surface area contributed by atoms with Gasteiger partial charge in [0.15, 0.2) is 12.4 Å². The molecule has 0 aromatic carbocycles. The molecule has 26 heteroatoms. The number of ether oxygens (including phenoxy) is 6. The van der Waals surface area contributed by atoms with E-state index < -0.39 is 159 Å². The normalized spacial score (nSPS) is 19.4. The fourth-order valence-electron chi connectivity index (χ4n) is 12.2. The molecule has 1 aliphatic heterocycles. The van der Waals surface area contributed by atoms with Crippen molar-refractivity contribution in [3.8, 4) is 0 Å². The zero-order valence-electron chi connectivity index (χ0n) is 59.9. The molecule has 10 N–H and O–H groups in total. The van der Waals surface area contributed by atoms with Crippen molar-refractivity contribution in [3.05, 3.63) is 0 Å². The van der Waals surface area contributed by atoms with Crippen molar-refractivity contribution < 1.29 is 106 Å². The van der Waals surface area contributed by atoms with Crippen LogP contribution in [-0.2, 0) is 65.8 Å². The SMILES string of the molecule is CCCCCCCCCCCC(O)CC(=O)NC(C(CO)OC(=O)CC(O)CCCCCCCCCCC)C(OC(C)COC1OC(CO)C(OP(=O)(O)O)C(OC(=O)CC(CCCCCCCCCCC)OC)C1NC(=O)CC(O)CCCCCCCCCCC)O[P+](=O)O. The Balaban J connectivity index is 3.63. The molecular weight excluding hydrogens is 1280 g/mol. The molecule has 0 saturated carbocycles. The number of methoxy groups -OCH3 is 1. The number of unbranched alkanes of at least 4 members (excludes halogenated alkanes) is 32. The van der Waals surface area contributed by atoms with Crippen molar-refractivity contribution in [2.45, 2.75) is 397 Å². The van der Waals surface area contributed by atoms with E-state index >= 15 is 0 Å². The van der Waals surface area contributed by atoms with Crippen LogP contribution in [0.4, 0.5) is 0 Å². The van der Waals surface area contributed by atoms with Crippen LogP contribution in [0.15, 0.2) is 0 Å². The molecule has 14 atom stereocenters. The molecule has 1 aliphatic rings. The predicted molar refractivity (Wildman–Crippen MR) is 369 cm³/mol. The van der Waals surface area contributed by atoms with E-state index in [-0.39, 0.29) is 25.7 Å². The van der Waals surface area contributed by atoms with Gasteiger partial charge in [-0.05, 0) is 32.6 Å². The van der Waals surface area contributed by atoms with Gasteiger partial charge in [0.05, 0.1) is 76.0 Å². The lowest BCUT2D eigenvalue weighted by Gasteiger charge is -2.45. The molecule has 0 spiro atoms. The van der Waals surface area contributed by atoms with Gasteiger partial charge in [0.25, 0.3) is 0 Å². The maximum absolute atomic E-state index is 14.1. The largest absolute Gasteiger partial charge is 0.697 e. The number of rotatable bonds is 66. The Kier molecular flexibility index (Phi) is 56.5. The second kappa shape index (κ2) is 59.2. The van der Waals surface area contributed by atoms with Crippen LogP contribution in [0.5, 0.6) is 0 Å². The first-order valence-corrected chi connectivity index (χ1v) is 40.1. The Morgan fingerprint density at radius 2 is 0.958 bits per heavy atom. The van der Waals surface area contributed by atoms with Gasteiger partial charge < -0.3 is 74.4 Å². The second-order valence-corrected chi connectivity index (χ2v) is 28.6. The molecule has 0 aliphatic carbocycles. The molecule has 0 aromatic rings. The molecule has 24 nitrogen and oxygen atoms in total. The zero-order chi connectivity index (χ0) is 71.2. The van der Waals surface area contributed by atoms with Crippen molar-refractivity contribution in [2.24, 2.45) is 0 Å². The van der Waals surface area contributed by atoms with Crippen molar-refractivity contribution in [1.82, 2.24) is 10.6 Å². The number of phosphoric acid groups is 1. The second-order valence-electron chi connectivity index (χ2n) is 26.7. The third-order valence-corrected chi connectivity index (χ3v) is 18.7. The average Bonchev–Trinajstić information content (AvgIpc) is 0.786. The summed E-state index contributed by atoms with van der Waals surface area (Å²) < 4.78 is 71.7. The van der Waals surface area contributed by atoms with Gasteiger partial charge in [-0.3, -0.25) is 23.7 Å². The van der Waals surface area contributed by atoms with E-state index in [4.69, 9.17) is 37.5 Å². The van der Waals surface area contributed by atoms with Crippen molar-refractivity contribution >= 4 is 39.8 Å².